The Kier molecular flexibility index (Phi) is 1.88. The van der Waals surface area contributed by atoms with Crippen LogP contribution in [0.2, 0.25) is 0 Å². The van der Waals surface area contributed by atoms with Crippen LogP contribution in [0.3, 0.4) is 0 Å². The summed E-state index contributed by atoms with van der Waals surface area (Å²) in [4.78, 5) is 19.0. The average molecular weight is 240 g/mol. The fraction of sp³-hybridized carbons (Fsp3) is 0.125. The first-order valence-electron chi connectivity index (χ1n) is 3.68. The molecule has 0 bridgehead atoms. The highest BCUT2D eigenvalue weighted by atomic mass is 79.9. The van der Waals surface area contributed by atoms with E-state index in [2.05, 4.69) is 25.9 Å². The molecule has 0 amide bonds. The van der Waals surface area contributed by atoms with Crippen LogP contribution in [0.1, 0.15) is 5.69 Å². The number of carbonyl (C=O) groups excluding carboxylic acids is 1. The highest BCUT2D eigenvalue weighted by molar-refractivity contribution is 9.10. The highest BCUT2D eigenvalue weighted by Crippen LogP contribution is 2.16. The topological polar surface area (TPSA) is 47.8 Å². The van der Waals surface area contributed by atoms with Gasteiger partial charge in [-0.05, 0) is 28.9 Å². The predicted octanol–water partition coefficient (Wildman–Crippen LogP) is 1.54. The molecule has 4 nitrogen and oxygen atoms in total. The van der Waals surface area contributed by atoms with E-state index in [4.69, 9.17) is 0 Å². The molecule has 0 atom stereocenters. The quantitative estimate of drug-likeness (QED) is 0.710. The Labute approximate surface area is 82.7 Å². The van der Waals surface area contributed by atoms with Gasteiger partial charge in [0, 0.05) is 6.20 Å². The maximum atomic E-state index is 10.6. The number of nitrogens with zero attached hydrogens (tertiary/aromatic N) is 3. The van der Waals surface area contributed by atoms with Crippen LogP contribution in [0.15, 0.2) is 16.9 Å². The summed E-state index contributed by atoms with van der Waals surface area (Å²) in [6.07, 6.45) is 2.36. The minimum Gasteiger partial charge on any atom is -0.278 e. The lowest BCUT2D eigenvalue weighted by Gasteiger charge is -1.97. The molecule has 0 aliphatic heterocycles. The predicted molar refractivity (Wildman–Crippen MR) is 52.1 cm³/mol. The van der Waals surface area contributed by atoms with Gasteiger partial charge in [-0.25, -0.2) is 9.97 Å². The van der Waals surface area contributed by atoms with Crippen molar-refractivity contribution in [3.05, 3.63) is 22.6 Å². The fourth-order valence-corrected chi connectivity index (χ4v) is 1.39. The maximum absolute atomic E-state index is 10.6. The molecule has 0 aliphatic carbocycles. The van der Waals surface area contributed by atoms with Crippen molar-refractivity contribution >= 4 is 33.5 Å². The van der Waals surface area contributed by atoms with Gasteiger partial charge in [0.15, 0.2) is 5.65 Å². The summed E-state index contributed by atoms with van der Waals surface area (Å²) in [7, 11) is 0. The zero-order valence-corrected chi connectivity index (χ0v) is 8.45. The van der Waals surface area contributed by atoms with Crippen molar-refractivity contribution in [1.29, 1.82) is 0 Å². The number of halogens is 1. The molecule has 2 aromatic heterocycles. The van der Waals surface area contributed by atoms with Gasteiger partial charge in [-0.15, -0.1) is 0 Å². The molecule has 66 valence electrons. The van der Waals surface area contributed by atoms with E-state index >= 15 is 0 Å². The third-order valence-corrected chi connectivity index (χ3v) is 2.52. The van der Waals surface area contributed by atoms with Crippen LogP contribution in [0.4, 0.5) is 0 Å². The van der Waals surface area contributed by atoms with Crippen LogP contribution in [-0.2, 0) is 4.79 Å². The smallest absolute Gasteiger partial charge is 0.219 e. The number of carbonyl (C=O) groups is 1. The van der Waals surface area contributed by atoms with Crippen molar-refractivity contribution in [2.45, 2.75) is 6.92 Å². The lowest BCUT2D eigenvalue weighted by molar-refractivity contribution is 0.548. The summed E-state index contributed by atoms with van der Waals surface area (Å²) in [6, 6.07) is 1.75. The maximum Gasteiger partial charge on any atom is 0.219 e. The van der Waals surface area contributed by atoms with E-state index < -0.39 is 0 Å². The minimum atomic E-state index is 0.593. The lowest BCUT2D eigenvalue weighted by Crippen LogP contribution is -1.96. The summed E-state index contributed by atoms with van der Waals surface area (Å²) in [6.45, 7) is 1.83. The van der Waals surface area contributed by atoms with Crippen LogP contribution in [0.5, 0.6) is 0 Å². The zero-order valence-electron chi connectivity index (χ0n) is 6.86. The molecule has 0 fully saturated rings. The standard InChI is InChI=1S/C8H6BrN3O/c1-5-7(9)11-6-2-3-12(4-13)8(6)10-5/h2-4H,1H3. The van der Waals surface area contributed by atoms with Crippen LogP contribution in [-0.4, -0.2) is 20.9 Å². The van der Waals surface area contributed by atoms with Gasteiger partial charge in [-0.1, -0.05) is 0 Å². The van der Waals surface area contributed by atoms with Gasteiger partial charge in [0.25, 0.3) is 0 Å². The summed E-state index contributed by atoms with van der Waals surface area (Å²) in [5.74, 6) is 0. The van der Waals surface area contributed by atoms with E-state index in [-0.39, 0.29) is 0 Å². The SMILES string of the molecule is Cc1nc2c(ccn2C=O)nc1Br. The van der Waals surface area contributed by atoms with Gasteiger partial charge in [-0.2, -0.15) is 0 Å². The van der Waals surface area contributed by atoms with Crippen molar-refractivity contribution in [3.63, 3.8) is 0 Å². The van der Waals surface area contributed by atoms with Crippen molar-refractivity contribution in [3.8, 4) is 0 Å². The van der Waals surface area contributed by atoms with E-state index in [0.717, 1.165) is 5.69 Å². The van der Waals surface area contributed by atoms with Crippen LogP contribution < -0.4 is 0 Å². The average Bonchev–Trinajstić information content (AvgIpc) is 2.48. The number of fused-ring (bicyclic) bond motifs is 1. The third kappa shape index (κ3) is 1.25. The molecule has 0 radical (unpaired) electrons. The first-order valence-corrected chi connectivity index (χ1v) is 4.47. The second kappa shape index (κ2) is 2.92. The molecule has 2 rings (SSSR count). The molecular weight excluding hydrogens is 234 g/mol. The number of aromatic nitrogens is 3. The number of hydrogen-bond donors (Lipinski definition) is 0. The molecule has 0 saturated carbocycles. The molecule has 2 heterocycles. The molecule has 0 aromatic carbocycles. The number of hydrogen-bond acceptors (Lipinski definition) is 3. The largest absolute Gasteiger partial charge is 0.278 e. The second-order valence-corrected chi connectivity index (χ2v) is 3.39. The second-order valence-electron chi connectivity index (χ2n) is 2.64. The van der Waals surface area contributed by atoms with Gasteiger partial charge < -0.3 is 0 Å². The van der Waals surface area contributed by atoms with E-state index in [1.54, 1.807) is 12.3 Å². The number of aryl methyl sites for hydroxylation is 1. The van der Waals surface area contributed by atoms with E-state index in [1.165, 1.54) is 4.57 Å². The van der Waals surface area contributed by atoms with Crippen molar-refractivity contribution in [2.75, 3.05) is 0 Å². The summed E-state index contributed by atoms with van der Waals surface area (Å²) in [5, 5.41) is 0. The van der Waals surface area contributed by atoms with Gasteiger partial charge in [0.1, 0.15) is 10.1 Å². The molecule has 0 saturated heterocycles. The van der Waals surface area contributed by atoms with E-state index in [1.807, 2.05) is 6.92 Å². The fourth-order valence-electron chi connectivity index (χ4n) is 1.11. The van der Waals surface area contributed by atoms with Gasteiger partial charge in [-0.3, -0.25) is 9.36 Å². The Bertz CT molecular complexity index is 477. The molecule has 0 spiro atoms. The normalized spacial score (nSPS) is 10.6. The monoisotopic (exact) mass is 239 g/mol. The van der Waals surface area contributed by atoms with Gasteiger partial charge in [0.05, 0.1) is 5.69 Å². The van der Waals surface area contributed by atoms with E-state index in [0.29, 0.717) is 22.2 Å². The zero-order chi connectivity index (χ0) is 9.42. The first kappa shape index (κ1) is 8.37. The molecule has 2 aromatic rings. The minimum absolute atomic E-state index is 0.593. The lowest BCUT2D eigenvalue weighted by atomic mass is 10.4. The molecular formula is C8H6BrN3O. The van der Waals surface area contributed by atoms with Gasteiger partial charge in [0.2, 0.25) is 6.41 Å². The Hall–Kier alpha value is -1.23. The van der Waals surface area contributed by atoms with Crippen LogP contribution >= 0.6 is 15.9 Å². The molecule has 13 heavy (non-hydrogen) atoms. The Morgan fingerprint density at radius 1 is 1.54 bits per heavy atom. The summed E-state index contributed by atoms with van der Waals surface area (Å²) < 4.78 is 2.12. The first-order chi connectivity index (χ1) is 6.22. The Balaban J connectivity index is 2.84. The van der Waals surface area contributed by atoms with Crippen molar-refractivity contribution in [2.24, 2.45) is 0 Å². The van der Waals surface area contributed by atoms with Crippen molar-refractivity contribution < 1.29 is 4.79 Å². The van der Waals surface area contributed by atoms with Crippen LogP contribution in [0.25, 0.3) is 11.2 Å². The Morgan fingerprint density at radius 3 is 3.00 bits per heavy atom. The molecule has 0 aliphatic rings. The van der Waals surface area contributed by atoms with Crippen LogP contribution in [0, 0.1) is 6.92 Å². The number of rotatable bonds is 1. The summed E-state index contributed by atoms with van der Waals surface area (Å²) >= 11 is 3.28. The Morgan fingerprint density at radius 2 is 2.31 bits per heavy atom. The third-order valence-electron chi connectivity index (χ3n) is 1.77. The van der Waals surface area contributed by atoms with Gasteiger partial charge >= 0.3 is 0 Å². The molecule has 0 N–H and O–H groups in total. The molecule has 0 unspecified atom stereocenters. The summed E-state index contributed by atoms with van der Waals surface area (Å²) in [5.41, 5.74) is 2.08. The molecule has 5 heteroatoms. The van der Waals surface area contributed by atoms with E-state index in [9.17, 15) is 4.79 Å². The van der Waals surface area contributed by atoms with Crippen molar-refractivity contribution in [1.82, 2.24) is 14.5 Å². The highest BCUT2D eigenvalue weighted by Gasteiger charge is 2.05.